The summed E-state index contributed by atoms with van der Waals surface area (Å²) in [7, 11) is 0. The first-order chi connectivity index (χ1) is 8.95. The van der Waals surface area contributed by atoms with Crippen molar-refractivity contribution in [1.29, 1.82) is 0 Å². The van der Waals surface area contributed by atoms with Crippen molar-refractivity contribution in [1.82, 2.24) is 0 Å². The summed E-state index contributed by atoms with van der Waals surface area (Å²) in [6.45, 7) is 9.31. The van der Waals surface area contributed by atoms with Crippen LogP contribution in [0, 0.1) is 11.8 Å². The smallest absolute Gasteiger partial charge is 0.00780 e. The first kappa shape index (κ1) is 14.6. The Kier molecular flexibility index (Phi) is 4.35. The normalized spacial score (nSPS) is 28.4. The molecule has 1 aliphatic carbocycles. The Balaban J connectivity index is 2.25. The lowest BCUT2D eigenvalue weighted by atomic mass is 9.64. The molecule has 2 rings (SSSR count). The van der Waals surface area contributed by atoms with E-state index in [1.54, 1.807) is 0 Å². The highest BCUT2D eigenvalue weighted by Gasteiger charge is 2.38. The SMILES string of the molecule is CCc1cccc(C(C)(C)C2CCC(C)CC2N)c1. The summed E-state index contributed by atoms with van der Waals surface area (Å²) in [4.78, 5) is 0. The van der Waals surface area contributed by atoms with Crippen LogP contribution in [0.5, 0.6) is 0 Å². The largest absolute Gasteiger partial charge is 0.327 e. The molecule has 0 amide bonds. The van der Waals surface area contributed by atoms with Gasteiger partial charge in [0, 0.05) is 6.04 Å². The Morgan fingerprint density at radius 3 is 2.63 bits per heavy atom. The molecular weight excluding hydrogens is 230 g/mol. The van der Waals surface area contributed by atoms with Crippen LogP contribution < -0.4 is 5.73 Å². The molecule has 0 heterocycles. The van der Waals surface area contributed by atoms with E-state index in [0.717, 1.165) is 12.3 Å². The molecular formula is C18H29N. The van der Waals surface area contributed by atoms with E-state index in [4.69, 9.17) is 5.73 Å². The summed E-state index contributed by atoms with van der Waals surface area (Å²) >= 11 is 0. The van der Waals surface area contributed by atoms with Crippen molar-refractivity contribution < 1.29 is 0 Å². The van der Waals surface area contributed by atoms with Crippen molar-refractivity contribution in [2.24, 2.45) is 17.6 Å². The molecule has 2 N–H and O–H groups in total. The average molecular weight is 259 g/mol. The van der Waals surface area contributed by atoms with Crippen LogP contribution in [0.3, 0.4) is 0 Å². The molecule has 0 bridgehead atoms. The second-order valence-electron chi connectivity index (χ2n) is 6.96. The Morgan fingerprint density at radius 1 is 1.26 bits per heavy atom. The quantitative estimate of drug-likeness (QED) is 0.861. The van der Waals surface area contributed by atoms with Crippen molar-refractivity contribution >= 4 is 0 Å². The molecule has 1 nitrogen and oxygen atoms in total. The molecule has 1 aliphatic rings. The Bertz CT molecular complexity index is 421. The number of aryl methyl sites for hydroxylation is 1. The number of rotatable bonds is 3. The third-order valence-electron chi connectivity index (χ3n) is 5.17. The third-order valence-corrected chi connectivity index (χ3v) is 5.17. The Hall–Kier alpha value is -0.820. The molecule has 0 aliphatic heterocycles. The summed E-state index contributed by atoms with van der Waals surface area (Å²) in [6, 6.07) is 9.44. The Labute approximate surface area is 118 Å². The molecule has 0 spiro atoms. The van der Waals surface area contributed by atoms with Crippen LogP contribution >= 0.6 is 0 Å². The molecule has 1 aromatic rings. The van der Waals surface area contributed by atoms with Gasteiger partial charge >= 0.3 is 0 Å². The van der Waals surface area contributed by atoms with E-state index < -0.39 is 0 Å². The number of hydrogen-bond donors (Lipinski definition) is 1. The zero-order chi connectivity index (χ0) is 14.0. The number of benzene rings is 1. The summed E-state index contributed by atoms with van der Waals surface area (Å²) in [6.07, 6.45) is 4.89. The molecule has 3 atom stereocenters. The van der Waals surface area contributed by atoms with Crippen LogP contribution in [0.15, 0.2) is 24.3 Å². The minimum absolute atomic E-state index is 0.185. The minimum Gasteiger partial charge on any atom is -0.327 e. The fourth-order valence-corrected chi connectivity index (χ4v) is 3.73. The number of nitrogens with two attached hydrogens (primary N) is 1. The molecule has 1 saturated carbocycles. The average Bonchev–Trinajstić information content (AvgIpc) is 2.38. The molecule has 3 unspecified atom stereocenters. The molecule has 1 heteroatoms. The molecule has 0 saturated heterocycles. The molecule has 1 fully saturated rings. The second-order valence-corrected chi connectivity index (χ2v) is 6.96. The van der Waals surface area contributed by atoms with Crippen LogP contribution in [0.25, 0.3) is 0 Å². The van der Waals surface area contributed by atoms with Crippen LogP contribution in [0.2, 0.25) is 0 Å². The molecule has 1 aromatic carbocycles. The topological polar surface area (TPSA) is 26.0 Å². The highest BCUT2D eigenvalue weighted by molar-refractivity contribution is 5.30. The maximum absolute atomic E-state index is 6.46. The van der Waals surface area contributed by atoms with Gasteiger partial charge in [-0.3, -0.25) is 0 Å². The lowest BCUT2D eigenvalue weighted by molar-refractivity contribution is 0.171. The highest BCUT2D eigenvalue weighted by Crippen LogP contribution is 2.41. The molecule has 0 radical (unpaired) electrons. The van der Waals surface area contributed by atoms with Crippen molar-refractivity contribution in [3.63, 3.8) is 0 Å². The first-order valence-corrected chi connectivity index (χ1v) is 7.80. The van der Waals surface area contributed by atoms with Gasteiger partial charge in [0.25, 0.3) is 0 Å². The van der Waals surface area contributed by atoms with Gasteiger partial charge < -0.3 is 5.73 Å². The number of hydrogen-bond acceptors (Lipinski definition) is 1. The third kappa shape index (κ3) is 3.02. The zero-order valence-electron chi connectivity index (χ0n) is 12.9. The van der Waals surface area contributed by atoms with Crippen LogP contribution in [-0.4, -0.2) is 6.04 Å². The fourth-order valence-electron chi connectivity index (χ4n) is 3.73. The van der Waals surface area contributed by atoms with Crippen molar-refractivity contribution in [3.05, 3.63) is 35.4 Å². The van der Waals surface area contributed by atoms with Gasteiger partial charge in [0.2, 0.25) is 0 Å². The predicted molar refractivity (Wildman–Crippen MR) is 83.3 cm³/mol. The predicted octanol–water partition coefficient (Wildman–Crippen LogP) is 4.29. The summed E-state index contributed by atoms with van der Waals surface area (Å²) in [5, 5.41) is 0. The molecule has 0 aromatic heterocycles. The first-order valence-electron chi connectivity index (χ1n) is 7.80. The summed E-state index contributed by atoms with van der Waals surface area (Å²) in [5.74, 6) is 1.40. The van der Waals surface area contributed by atoms with E-state index in [1.165, 1.54) is 30.4 Å². The lowest BCUT2D eigenvalue weighted by Gasteiger charge is -2.43. The van der Waals surface area contributed by atoms with E-state index in [9.17, 15) is 0 Å². The monoisotopic (exact) mass is 259 g/mol. The van der Waals surface area contributed by atoms with E-state index in [2.05, 4.69) is 52.0 Å². The van der Waals surface area contributed by atoms with E-state index in [-0.39, 0.29) is 5.41 Å². The van der Waals surface area contributed by atoms with Gasteiger partial charge in [-0.1, -0.05) is 58.4 Å². The standard InChI is InChI=1S/C18H29N/c1-5-14-7-6-8-15(12-14)18(3,4)16-10-9-13(2)11-17(16)19/h6-8,12-13,16-17H,5,9-11,19H2,1-4H3. The maximum Gasteiger partial charge on any atom is 0.00780 e. The summed E-state index contributed by atoms with van der Waals surface area (Å²) in [5.41, 5.74) is 9.54. The summed E-state index contributed by atoms with van der Waals surface area (Å²) < 4.78 is 0. The molecule has 19 heavy (non-hydrogen) atoms. The van der Waals surface area contributed by atoms with Gasteiger partial charge in [0.05, 0.1) is 0 Å². The Morgan fingerprint density at radius 2 is 2.00 bits per heavy atom. The van der Waals surface area contributed by atoms with Gasteiger partial charge in [-0.15, -0.1) is 0 Å². The van der Waals surface area contributed by atoms with Crippen LogP contribution in [0.4, 0.5) is 0 Å². The van der Waals surface area contributed by atoms with Crippen molar-refractivity contribution in [2.45, 2.75) is 64.8 Å². The lowest BCUT2D eigenvalue weighted by Crippen LogP contribution is -2.45. The minimum atomic E-state index is 0.185. The van der Waals surface area contributed by atoms with Gasteiger partial charge in [-0.25, -0.2) is 0 Å². The second kappa shape index (κ2) is 5.66. The van der Waals surface area contributed by atoms with E-state index in [0.29, 0.717) is 12.0 Å². The fraction of sp³-hybridized carbons (Fsp3) is 0.667. The van der Waals surface area contributed by atoms with E-state index in [1.807, 2.05) is 0 Å². The van der Waals surface area contributed by atoms with Gasteiger partial charge in [-0.2, -0.15) is 0 Å². The highest BCUT2D eigenvalue weighted by atomic mass is 14.7. The van der Waals surface area contributed by atoms with Crippen molar-refractivity contribution in [3.8, 4) is 0 Å². The van der Waals surface area contributed by atoms with Crippen LogP contribution in [-0.2, 0) is 11.8 Å². The van der Waals surface area contributed by atoms with Gasteiger partial charge in [0.15, 0.2) is 0 Å². The van der Waals surface area contributed by atoms with Gasteiger partial charge in [-0.05, 0) is 47.6 Å². The van der Waals surface area contributed by atoms with Gasteiger partial charge in [0.1, 0.15) is 0 Å². The van der Waals surface area contributed by atoms with Crippen molar-refractivity contribution in [2.75, 3.05) is 0 Å². The zero-order valence-corrected chi connectivity index (χ0v) is 12.9. The molecule has 106 valence electrons. The van der Waals surface area contributed by atoms with Crippen LogP contribution in [0.1, 0.15) is 58.1 Å². The maximum atomic E-state index is 6.46. The van der Waals surface area contributed by atoms with E-state index >= 15 is 0 Å².